The number of aromatic nitrogens is 4. The van der Waals surface area contributed by atoms with Crippen molar-refractivity contribution < 1.29 is 9.59 Å². The third-order valence-electron chi connectivity index (χ3n) is 4.56. The van der Waals surface area contributed by atoms with E-state index in [1.54, 1.807) is 17.0 Å². The average molecular weight is 377 g/mol. The third kappa shape index (κ3) is 3.83. The predicted molar refractivity (Wildman–Crippen MR) is 103 cm³/mol. The van der Waals surface area contributed by atoms with Gasteiger partial charge in [-0.15, -0.1) is 5.10 Å². The number of anilines is 2. The fourth-order valence-electron chi connectivity index (χ4n) is 3.12. The van der Waals surface area contributed by atoms with Crippen LogP contribution in [0.25, 0.3) is 0 Å². The van der Waals surface area contributed by atoms with Crippen molar-refractivity contribution in [2.24, 2.45) is 0 Å². The topological polar surface area (TPSA) is 105 Å². The van der Waals surface area contributed by atoms with Gasteiger partial charge in [-0.1, -0.05) is 30.3 Å². The Kier molecular flexibility index (Phi) is 4.96. The van der Waals surface area contributed by atoms with Crippen LogP contribution in [-0.2, 0) is 11.2 Å². The van der Waals surface area contributed by atoms with E-state index >= 15 is 0 Å². The minimum Gasteiger partial charge on any atom is -0.336 e. The van der Waals surface area contributed by atoms with Crippen molar-refractivity contribution in [3.63, 3.8) is 0 Å². The molecular weight excluding hydrogens is 358 g/mol. The van der Waals surface area contributed by atoms with Gasteiger partial charge in [-0.3, -0.25) is 9.69 Å². The van der Waals surface area contributed by atoms with E-state index in [1.807, 2.05) is 42.5 Å². The second-order valence-corrected chi connectivity index (χ2v) is 6.42. The summed E-state index contributed by atoms with van der Waals surface area (Å²) in [5.41, 5.74) is 2.43. The van der Waals surface area contributed by atoms with Crippen molar-refractivity contribution in [3.8, 4) is 0 Å². The molecule has 2 heterocycles. The number of carbonyl (C=O) groups is 2. The van der Waals surface area contributed by atoms with Crippen LogP contribution in [0.3, 0.4) is 0 Å². The summed E-state index contributed by atoms with van der Waals surface area (Å²) < 4.78 is 1.45. The number of carbonyl (C=O) groups excluding carboxylic acids is 2. The molecule has 4 rings (SSSR count). The number of urea groups is 1. The van der Waals surface area contributed by atoms with Gasteiger partial charge in [0, 0.05) is 30.9 Å². The fourth-order valence-corrected chi connectivity index (χ4v) is 3.12. The van der Waals surface area contributed by atoms with Gasteiger partial charge in [0.05, 0.1) is 0 Å². The van der Waals surface area contributed by atoms with Crippen molar-refractivity contribution in [1.82, 2.24) is 25.5 Å². The van der Waals surface area contributed by atoms with Crippen LogP contribution in [0.1, 0.15) is 11.6 Å². The lowest BCUT2D eigenvalue weighted by Gasteiger charge is -2.18. The zero-order valence-electron chi connectivity index (χ0n) is 15.0. The van der Waals surface area contributed by atoms with Crippen LogP contribution in [0, 0.1) is 0 Å². The molecule has 1 saturated heterocycles. The van der Waals surface area contributed by atoms with Crippen LogP contribution in [0.4, 0.5) is 16.2 Å². The Labute approximate surface area is 161 Å². The van der Waals surface area contributed by atoms with Gasteiger partial charge in [0.15, 0.2) is 0 Å². The molecule has 0 saturated carbocycles. The van der Waals surface area contributed by atoms with Gasteiger partial charge in [0.2, 0.25) is 5.91 Å². The Bertz CT molecular complexity index is 942. The number of nitrogens with one attached hydrogen (secondary N) is 2. The molecule has 3 aromatic rings. The Hall–Kier alpha value is -3.75. The summed E-state index contributed by atoms with van der Waals surface area (Å²) in [6.45, 7) is 1.26. The molecule has 1 aliphatic rings. The summed E-state index contributed by atoms with van der Waals surface area (Å²) in [5, 5.41) is 16.9. The average Bonchev–Trinajstić information content (AvgIpc) is 3.39. The number of rotatable bonds is 6. The van der Waals surface area contributed by atoms with E-state index in [4.69, 9.17) is 0 Å². The minimum absolute atomic E-state index is 0.113. The van der Waals surface area contributed by atoms with Gasteiger partial charge in [-0.25, -0.2) is 9.48 Å². The largest absolute Gasteiger partial charge is 0.336 e. The molecule has 1 fully saturated rings. The van der Waals surface area contributed by atoms with Crippen molar-refractivity contribution in [3.05, 3.63) is 66.5 Å². The smallest absolute Gasteiger partial charge is 0.321 e. The van der Waals surface area contributed by atoms with E-state index in [-0.39, 0.29) is 11.9 Å². The van der Waals surface area contributed by atoms with Crippen molar-refractivity contribution in [1.29, 1.82) is 0 Å². The zero-order chi connectivity index (χ0) is 19.3. The number of hydrogen-bond acceptors (Lipinski definition) is 5. The number of amides is 3. The number of benzene rings is 2. The monoisotopic (exact) mass is 377 g/mol. The lowest BCUT2D eigenvalue weighted by molar-refractivity contribution is -0.119. The molecule has 3 amide bonds. The molecule has 2 N–H and O–H groups in total. The van der Waals surface area contributed by atoms with Gasteiger partial charge >= 0.3 is 6.03 Å². The first kappa shape index (κ1) is 17.7. The van der Waals surface area contributed by atoms with Crippen molar-refractivity contribution in [2.75, 3.05) is 23.3 Å². The van der Waals surface area contributed by atoms with E-state index in [0.717, 1.165) is 11.3 Å². The van der Waals surface area contributed by atoms with Crippen molar-refractivity contribution >= 4 is 23.3 Å². The lowest BCUT2D eigenvalue weighted by Crippen LogP contribution is -2.29. The van der Waals surface area contributed by atoms with Crippen LogP contribution >= 0.6 is 0 Å². The molecule has 0 radical (unpaired) electrons. The first-order chi connectivity index (χ1) is 13.7. The Balaban J connectivity index is 1.49. The van der Waals surface area contributed by atoms with Crippen LogP contribution in [0.2, 0.25) is 0 Å². The molecule has 0 spiro atoms. The Morgan fingerprint density at radius 1 is 1.14 bits per heavy atom. The molecule has 9 nitrogen and oxygen atoms in total. The van der Waals surface area contributed by atoms with Gasteiger partial charge < -0.3 is 10.6 Å². The molecule has 142 valence electrons. The normalized spacial score (nSPS) is 14.6. The second kappa shape index (κ2) is 7.87. The molecule has 0 aliphatic carbocycles. The third-order valence-corrected chi connectivity index (χ3v) is 4.56. The van der Waals surface area contributed by atoms with E-state index in [9.17, 15) is 9.59 Å². The molecule has 1 aromatic heterocycles. The summed E-state index contributed by atoms with van der Waals surface area (Å²) in [6.07, 6.45) is 1.89. The molecule has 9 heteroatoms. The highest BCUT2D eigenvalue weighted by molar-refractivity contribution is 5.96. The van der Waals surface area contributed by atoms with Gasteiger partial charge in [-0.05, 0) is 40.3 Å². The maximum atomic E-state index is 12.9. The van der Waals surface area contributed by atoms with Crippen LogP contribution < -0.4 is 15.5 Å². The molecule has 0 bridgehead atoms. The van der Waals surface area contributed by atoms with E-state index in [2.05, 4.69) is 26.2 Å². The highest BCUT2D eigenvalue weighted by Gasteiger charge is 2.23. The molecule has 2 aromatic carbocycles. The highest BCUT2D eigenvalue weighted by Crippen LogP contribution is 2.21. The van der Waals surface area contributed by atoms with Crippen LogP contribution in [0.15, 0.2) is 60.9 Å². The summed E-state index contributed by atoms with van der Waals surface area (Å²) in [4.78, 5) is 26.3. The number of nitrogens with zero attached hydrogens (tertiary/aromatic N) is 5. The summed E-state index contributed by atoms with van der Waals surface area (Å²) in [6, 6.07) is 16.2. The first-order valence-electron chi connectivity index (χ1n) is 8.93. The summed E-state index contributed by atoms with van der Waals surface area (Å²) >= 11 is 0. The summed E-state index contributed by atoms with van der Waals surface area (Å²) in [7, 11) is 0. The summed E-state index contributed by atoms with van der Waals surface area (Å²) in [5.74, 6) is -0.220. The standard InChI is InChI=1S/C19H19N7O2/c27-18(17(26-13-21-23-24-26)12-14-4-2-1-3-5-14)22-15-6-8-16(9-7-15)25-11-10-20-19(25)28/h1-9,13,17H,10-12H2,(H,20,28)(H,22,27). The highest BCUT2D eigenvalue weighted by atomic mass is 16.2. The molecule has 1 aliphatic heterocycles. The van der Waals surface area contributed by atoms with Crippen molar-refractivity contribution in [2.45, 2.75) is 12.5 Å². The van der Waals surface area contributed by atoms with Crippen LogP contribution in [-0.4, -0.2) is 45.2 Å². The maximum Gasteiger partial charge on any atom is 0.321 e. The van der Waals surface area contributed by atoms with Gasteiger partial charge in [0.1, 0.15) is 12.4 Å². The molecule has 1 atom stereocenters. The van der Waals surface area contributed by atoms with Gasteiger partial charge in [-0.2, -0.15) is 0 Å². The Morgan fingerprint density at radius 3 is 2.57 bits per heavy atom. The first-order valence-corrected chi connectivity index (χ1v) is 8.93. The number of hydrogen-bond donors (Lipinski definition) is 2. The lowest BCUT2D eigenvalue weighted by atomic mass is 10.1. The number of tetrazole rings is 1. The molecule has 1 unspecified atom stereocenters. The fraction of sp³-hybridized carbons (Fsp3) is 0.211. The molecule has 28 heavy (non-hydrogen) atoms. The van der Waals surface area contributed by atoms with E-state index in [0.29, 0.717) is 25.2 Å². The minimum atomic E-state index is -0.582. The molecular formula is C19H19N7O2. The van der Waals surface area contributed by atoms with E-state index in [1.165, 1.54) is 11.0 Å². The van der Waals surface area contributed by atoms with Crippen LogP contribution in [0.5, 0.6) is 0 Å². The maximum absolute atomic E-state index is 12.9. The predicted octanol–water partition coefficient (Wildman–Crippen LogP) is 1.63. The second-order valence-electron chi connectivity index (χ2n) is 6.42. The quantitative estimate of drug-likeness (QED) is 0.679. The van der Waals surface area contributed by atoms with E-state index < -0.39 is 6.04 Å². The zero-order valence-corrected chi connectivity index (χ0v) is 15.0. The SMILES string of the molecule is O=C(Nc1ccc(N2CCNC2=O)cc1)C(Cc1ccccc1)n1cnnn1. The Morgan fingerprint density at radius 2 is 1.93 bits per heavy atom. The van der Waals surface area contributed by atoms with Gasteiger partial charge in [0.25, 0.3) is 0 Å².